The second kappa shape index (κ2) is 4.36. The number of aromatic nitrogens is 3. The zero-order valence-electron chi connectivity index (χ0n) is 8.40. The minimum absolute atomic E-state index is 0.136. The molecule has 0 atom stereocenters. The van der Waals surface area contributed by atoms with Crippen LogP contribution in [0.5, 0.6) is 0 Å². The van der Waals surface area contributed by atoms with Crippen molar-refractivity contribution in [3.8, 4) is 0 Å². The highest BCUT2D eigenvalue weighted by molar-refractivity contribution is 5.18. The number of halogens is 2. The first kappa shape index (κ1) is 10.7. The molecule has 4 nitrogen and oxygen atoms in total. The predicted octanol–water partition coefficient (Wildman–Crippen LogP) is 1.06. The highest BCUT2D eigenvalue weighted by Gasteiger charge is 2.06. The van der Waals surface area contributed by atoms with Gasteiger partial charge in [-0.15, -0.1) is 5.10 Å². The minimum atomic E-state index is -0.476. The Bertz CT molecular complexity index is 495. The molecule has 1 aromatic heterocycles. The van der Waals surface area contributed by atoms with Gasteiger partial charge in [-0.25, -0.2) is 13.5 Å². The van der Waals surface area contributed by atoms with Gasteiger partial charge in [-0.05, 0) is 18.2 Å². The Hall–Kier alpha value is -1.82. The normalized spacial score (nSPS) is 10.7. The number of rotatable bonds is 3. The number of hydrogen-bond donors (Lipinski definition) is 1. The lowest BCUT2D eigenvalue weighted by molar-refractivity contribution is 0.560. The van der Waals surface area contributed by atoms with Crippen LogP contribution in [0.3, 0.4) is 0 Å². The molecule has 0 amide bonds. The second-order valence-corrected chi connectivity index (χ2v) is 3.35. The first-order chi connectivity index (χ1) is 7.69. The lowest BCUT2D eigenvalue weighted by Crippen LogP contribution is -2.03. The van der Waals surface area contributed by atoms with Crippen LogP contribution in [0.2, 0.25) is 0 Å². The molecule has 0 aliphatic heterocycles. The largest absolute Gasteiger partial charge is 0.325 e. The Morgan fingerprint density at radius 2 is 2.12 bits per heavy atom. The van der Waals surface area contributed by atoms with Crippen LogP contribution in [0.4, 0.5) is 8.78 Å². The van der Waals surface area contributed by atoms with Gasteiger partial charge < -0.3 is 5.73 Å². The van der Waals surface area contributed by atoms with Crippen LogP contribution in [0.15, 0.2) is 24.4 Å². The summed E-state index contributed by atoms with van der Waals surface area (Å²) in [5.74, 6) is -0.943. The molecule has 1 aromatic carbocycles. The third kappa shape index (κ3) is 2.22. The topological polar surface area (TPSA) is 56.7 Å². The lowest BCUT2D eigenvalue weighted by Gasteiger charge is -2.02. The van der Waals surface area contributed by atoms with Crippen LogP contribution in [0.25, 0.3) is 0 Å². The van der Waals surface area contributed by atoms with Crippen LogP contribution >= 0.6 is 0 Å². The number of hydrogen-bond acceptors (Lipinski definition) is 3. The maximum absolute atomic E-state index is 13.3. The first-order valence-electron chi connectivity index (χ1n) is 4.72. The van der Waals surface area contributed by atoms with Crippen LogP contribution in [0.1, 0.15) is 11.3 Å². The Balaban J connectivity index is 2.22. The van der Waals surface area contributed by atoms with Crippen molar-refractivity contribution in [2.45, 2.75) is 13.1 Å². The van der Waals surface area contributed by atoms with E-state index in [2.05, 4.69) is 10.3 Å². The van der Waals surface area contributed by atoms with E-state index < -0.39 is 11.6 Å². The molecule has 0 radical (unpaired) electrons. The van der Waals surface area contributed by atoms with Crippen molar-refractivity contribution in [1.29, 1.82) is 0 Å². The van der Waals surface area contributed by atoms with Crippen molar-refractivity contribution in [3.05, 3.63) is 47.3 Å². The number of nitrogens with zero attached hydrogens (tertiary/aromatic N) is 3. The highest BCUT2D eigenvalue weighted by atomic mass is 19.1. The Morgan fingerprint density at radius 3 is 2.81 bits per heavy atom. The molecule has 0 fully saturated rings. The van der Waals surface area contributed by atoms with Crippen molar-refractivity contribution in [3.63, 3.8) is 0 Å². The van der Waals surface area contributed by atoms with E-state index in [1.807, 2.05) is 0 Å². The van der Waals surface area contributed by atoms with E-state index in [1.165, 1.54) is 4.68 Å². The summed E-state index contributed by atoms with van der Waals surface area (Å²) >= 11 is 0. The van der Waals surface area contributed by atoms with Gasteiger partial charge in [0.25, 0.3) is 0 Å². The van der Waals surface area contributed by atoms with E-state index >= 15 is 0 Å². The summed E-state index contributed by atoms with van der Waals surface area (Å²) in [6.45, 7) is 0.405. The van der Waals surface area contributed by atoms with Crippen LogP contribution in [-0.4, -0.2) is 15.0 Å². The van der Waals surface area contributed by atoms with Crippen LogP contribution in [0, 0.1) is 11.6 Å². The maximum Gasteiger partial charge on any atom is 0.128 e. The Labute approximate surface area is 90.7 Å². The van der Waals surface area contributed by atoms with E-state index in [0.717, 1.165) is 18.2 Å². The molecule has 0 unspecified atom stereocenters. The predicted molar refractivity (Wildman–Crippen MR) is 53.4 cm³/mol. The minimum Gasteiger partial charge on any atom is -0.325 e. The Kier molecular flexibility index (Phi) is 2.91. The molecule has 0 aliphatic rings. The van der Waals surface area contributed by atoms with Crippen molar-refractivity contribution in [2.75, 3.05) is 0 Å². The summed E-state index contributed by atoms with van der Waals surface area (Å²) in [6, 6.07) is 3.30. The smallest absolute Gasteiger partial charge is 0.128 e. The molecule has 0 spiro atoms. The average molecular weight is 224 g/mol. The molecule has 0 saturated carbocycles. The Morgan fingerprint density at radius 1 is 1.31 bits per heavy atom. The van der Waals surface area contributed by atoms with Crippen molar-refractivity contribution in [1.82, 2.24) is 15.0 Å². The van der Waals surface area contributed by atoms with Crippen molar-refractivity contribution < 1.29 is 8.78 Å². The van der Waals surface area contributed by atoms with Gasteiger partial charge in [0.2, 0.25) is 0 Å². The van der Waals surface area contributed by atoms with E-state index in [0.29, 0.717) is 5.69 Å². The zero-order valence-corrected chi connectivity index (χ0v) is 8.40. The van der Waals surface area contributed by atoms with Crippen molar-refractivity contribution >= 4 is 0 Å². The third-order valence-corrected chi connectivity index (χ3v) is 2.14. The van der Waals surface area contributed by atoms with E-state index in [1.54, 1.807) is 6.20 Å². The summed E-state index contributed by atoms with van der Waals surface area (Å²) in [4.78, 5) is 0. The molecule has 16 heavy (non-hydrogen) atoms. The zero-order chi connectivity index (χ0) is 11.5. The monoisotopic (exact) mass is 224 g/mol. The molecule has 0 bridgehead atoms. The molecule has 2 rings (SSSR count). The van der Waals surface area contributed by atoms with Crippen LogP contribution < -0.4 is 5.73 Å². The third-order valence-electron chi connectivity index (χ3n) is 2.14. The fourth-order valence-corrected chi connectivity index (χ4v) is 1.35. The molecule has 6 heteroatoms. The molecule has 0 aliphatic carbocycles. The van der Waals surface area contributed by atoms with Gasteiger partial charge in [0.15, 0.2) is 0 Å². The summed E-state index contributed by atoms with van der Waals surface area (Å²) in [5.41, 5.74) is 6.20. The van der Waals surface area contributed by atoms with Gasteiger partial charge in [0.05, 0.1) is 18.4 Å². The van der Waals surface area contributed by atoms with Gasteiger partial charge in [-0.2, -0.15) is 0 Å². The van der Waals surface area contributed by atoms with Crippen molar-refractivity contribution in [2.24, 2.45) is 5.73 Å². The standard InChI is InChI=1S/C10H10F2N4/c11-8-1-2-10(12)7(3-8)5-16-6-9(4-13)14-15-16/h1-3,6H,4-5,13H2. The molecule has 1 heterocycles. The van der Waals surface area contributed by atoms with Gasteiger partial charge in [-0.1, -0.05) is 5.21 Å². The average Bonchev–Trinajstić information content (AvgIpc) is 2.71. The lowest BCUT2D eigenvalue weighted by atomic mass is 10.2. The summed E-state index contributed by atoms with van der Waals surface area (Å²) in [6.07, 6.45) is 1.60. The second-order valence-electron chi connectivity index (χ2n) is 3.35. The quantitative estimate of drug-likeness (QED) is 0.848. The summed E-state index contributed by atoms with van der Waals surface area (Å²) < 4.78 is 27.6. The highest BCUT2D eigenvalue weighted by Crippen LogP contribution is 2.10. The van der Waals surface area contributed by atoms with E-state index in [-0.39, 0.29) is 18.7 Å². The van der Waals surface area contributed by atoms with Gasteiger partial charge in [-0.3, -0.25) is 0 Å². The first-order valence-corrected chi connectivity index (χ1v) is 4.72. The summed E-state index contributed by atoms with van der Waals surface area (Å²) in [5, 5.41) is 7.51. The molecule has 2 aromatic rings. The fraction of sp³-hybridized carbons (Fsp3) is 0.200. The van der Waals surface area contributed by atoms with Gasteiger partial charge in [0, 0.05) is 12.1 Å². The molecular formula is C10H10F2N4. The SMILES string of the molecule is NCc1cn(Cc2cc(F)ccc2F)nn1. The van der Waals surface area contributed by atoms with E-state index in [9.17, 15) is 8.78 Å². The van der Waals surface area contributed by atoms with Gasteiger partial charge in [0.1, 0.15) is 11.6 Å². The summed E-state index contributed by atoms with van der Waals surface area (Å²) in [7, 11) is 0. The fourth-order valence-electron chi connectivity index (χ4n) is 1.35. The number of benzene rings is 1. The maximum atomic E-state index is 13.3. The van der Waals surface area contributed by atoms with Gasteiger partial charge >= 0.3 is 0 Å². The van der Waals surface area contributed by atoms with Crippen LogP contribution in [-0.2, 0) is 13.1 Å². The molecule has 84 valence electrons. The number of nitrogens with two attached hydrogens (primary N) is 1. The molecule has 2 N–H and O–H groups in total. The van der Waals surface area contributed by atoms with E-state index in [4.69, 9.17) is 5.73 Å². The molecule has 0 saturated heterocycles. The molecular weight excluding hydrogens is 214 g/mol.